The van der Waals surface area contributed by atoms with Crippen molar-refractivity contribution in [2.24, 2.45) is 10.8 Å². The van der Waals surface area contributed by atoms with Crippen molar-refractivity contribution >= 4 is 22.7 Å². The summed E-state index contributed by atoms with van der Waals surface area (Å²) in [5, 5.41) is 15.2. The molecule has 2 aromatic carbocycles. The van der Waals surface area contributed by atoms with E-state index in [0.717, 1.165) is 30.0 Å². The zero-order chi connectivity index (χ0) is 22.6. The van der Waals surface area contributed by atoms with Gasteiger partial charge in [-0.15, -0.1) is 0 Å². The van der Waals surface area contributed by atoms with Crippen molar-refractivity contribution in [3.05, 3.63) is 70.8 Å². The van der Waals surface area contributed by atoms with Crippen LogP contribution < -0.4 is 5.73 Å². The van der Waals surface area contributed by atoms with Crippen LogP contribution in [0.2, 0.25) is 0 Å². The van der Waals surface area contributed by atoms with Gasteiger partial charge >= 0.3 is 0 Å². The number of hydrogen-bond donors (Lipinski definition) is 1. The summed E-state index contributed by atoms with van der Waals surface area (Å²) < 4.78 is 33.6. The van der Waals surface area contributed by atoms with Crippen LogP contribution in [0.4, 0.5) is 8.78 Å². The number of carbonyl (C=O) groups excluding carboxylic acids is 1. The first-order valence-electron chi connectivity index (χ1n) is 9.67. The van der Waals surface area contributed by atoms with Crippen molar-refractivity contribution in [3.8, 4) is 6.07 Å². The number of hydrogen-bond acceptors (Lipinski definition) is 6. The van der Waals surface area contributed by atoms with Crippen LogP contribution in [0.5, 0.6) is 0 Å². The summed E-state index contributed by atoms with van der Waals surface area (Å²) in [6, 6.07) is 12.0. The maximum absolute atomic E-state index is 14.5. The molecule has 0 radical (unpaired) electrons. The Morgan fingerprint density at radius 3 is 2.81 bits per heavy atom. The fourth-order valence-corrected chi connectivity index (χ4v) is 4.74. The van der Waals surface area contributed by atoms with E-state index < -0.39 is 28.5 Å². The largest absolute Gasteiger partial charge is 0.372 e. The number of benzene rings is 2. The van der Waals surface area contributed by atoms with E-state index in [2.05, 4.69) is 11.2 Å². The number of rotatable bonds is 7. The molecule has 1 aliphatic rings. The van der Waals surface area contributed by atoms with Crippen LogP contribution in [-0.4, -0.2) is 35.7 Å². The number of hydrazone groups is 1. The minimum atomic E-state index is -1.09. The Morgan fingerprint density at radius 2 is 2.13 bits per heavy atom. The first-order chi connectivity index (χ1) is 14.9. The molecule has 0 saturated carbocycles. The molecule has 0 aromatic heterocycles. The van der Waals surface area contributed by atoms with E-state index in [0.29, 0.717) is 30.5 Å². The maximum atomic E-state index is 14.5. The Balaban J connectivity index is 2.20. The Bertz CT molecular complexity index is 1060. The van der Waals surface area contributed by atoms with Gasteiger partial charge in [-0.1, -0.05) is 23.9 Å². The van der Waals surface area contributed by atoms with E-state index in [1.165, 1.54) is 12.1 Å². The van der Waals surface area contributed by atoms with Crippen LogP contribution >= 0.6 is 11.8 Å². The van der Waals surface area contributed by atoms with Gasteiger partial charge in [0.2, 0.25) is 0 Å². The molecule has 1 heterocycles. The molecule has 1 amide bonds. The van der Waals surface area contributed by atoms with E-state index >= 15 is 0 Å². The second kappa shape index (κ2) is 9.56. The van der Waals surface area contributed by atoms with Crippen LogP contribution in [0.25, 0.3) is 0 Å². The zero-order valence-electron chi connectivity index (χ0n) is 17.1. The highest BCUT2D eigenvalue weighted by molar-refractivity contribution is 8.15. The fraction of sp³-hybridized carbons (Fsp3) is 0.318. The number of nitriles is 1. The van der Waals surface area contributed by atoms with Crippen molar-refractivity contribution in [2.75, 3.05) is 13.7 Å². The fourth-order valence-electron chi connectivity index (χ4n) is 3.32. The minimum Gasteiger partial charge on any atom is -0.372 e. The average Bonchev–Trinajstić information content (AvgIpc) is 3.18. The summed E-state index contributed by atoms with van der Waals surface area (Å²) in [7, 11) is 1.40. The maximum Gasteiger partial charge on any atom is 0.273 e. The Kier molecular flexibility index (Phi) is 7.05. The zero-order valence-corrected chi connectivity index (χ0v) is 18.0. The topological polar surface area (TPSA) is 91.7 Å². The van der Waals surface area contributed by atoms with Crippen molar-refractivity contribution < 1.29 is 18.3 Å². The van der Waals surface area contributed by atoms with Gasteiger partial charge in [-0.2, -0.15) is 10.4 Å². The highest BCUT2D eigenvalue weighted by Gasteiger charge is 2.49. The molecule has 0 saturated heterocycles. The molecule has 0 aliphatic carbocycles. The van der Waals surface area contributed by atoms with Gasteiger partial charge in [-0.25, -0.2) is 13.8 Å². The Hall–Kier alpha value is -2.80. The van der Waals surface area contributed by atoms with E-state index in [9.17, 15) is 18.8 Å². The molecule has 2 N–H and O–H groups in total. The second-order valence-corrected chi connectivity index (χ2v) is 8.29. The summed E-state index contributed by atoms with van der Waals surface area (Å²) in [5.41, 5.74) is 6.76. The van der Waals surface area contributed by atoms with Crippen LogP contribution in [0, 0.1) is 23.0 Å². The van der Waals surface area contributed by atoms with E-state index in [4.69, 9.17) is 10.5 Å². The SMILES string of the molecule is COC(C)C(=O)N1N=C(c2cc(F)ccc2F)SC1(CCCN)c1cccc(C#N)c1. The summed E-state index contributed by atoms with van der Waals surface area (Å²) in [4.78, 5) is 12.1. The van der Waals surface area contributed by atoms with Gasteiger partial charge in [-0.3, -0.25) is 4.79 Å². The summed E-state index contributed by atoms with van der Waals surface area (Å²) in [5.74, 6) is -1.71. The van der Waals surface area contributed by atoms with Gasteiger partial charge in [0.25, 0.3) is 5.91 Å². The summed E-state index contributed by atoms with van der Waals surface area (Å²) in [6.07, 6.45) is 0.0934. The Morgan fingerprint density at radius 1 is 1.35 bits per heavy atom. The average molecular weight is 445 g/mol. The predicted molar refractivity (Wildman–Crippen MR) is 115 cm³/mol. The number of ether oxygens (including phenoxy) is 1. The number of nitrogens with zero attached hydrogens (tertiary/aromatic N) is 3. The van der Waals surface area contributed by atoms with Gasteiger partial charge in [0.15, 0.2) is 0 Å². The molecule has 6 nitrogen and oxygen atoms in total. The predicted octanol–water partition coefficient (Wildman–Crippen LogP) is 3.70. The highest BCUT2D eigenvalue weighted by atomic mass is 32.2. The lowest BCUT2D eigenvalue weighted by atomic mass is 9.98. The second-order valence-electron chi connectivity index (χ2n) is 7.03. The molecule has 0 spiro atoms. The number of carbonyl (C=O) groups is 1. The van der Waals surface area contributed by atoms with Crippen LogP contribution in [0.1, 0.15) is 36.5 Å². The molecule has 2 unspecified atom stereocenters. The molecular weight excluding hydrogens is 422 g/mol. The lowest BCUT2D eigenvalue weighted by molar-refractivity contribution is -0.144. The third-order valence-electron chi connectivity index (χ3n) is 5.03. The van der Waals surface area contributed by atoms with Crippen LogP contribution in [0.15, 0.2) is 47.6 Å². The molecular formula is C22H22F2N4O2S. The van der Waals surface area contributed by atoms with Gasteiger partial charge in [-0.05, 0) is 62.2 Å². The van der Waals surface area contributed by atoms with Crippen molar-refractivity contribution in [3.63, 3.8) is 0 Å². The molecule has 9 heteroatoms. The number of thioether (sulfide) groups is 1. The lowest BCUT2D eigenvalue weighted by Crippen LogP contribution is -2.46. The van der Waals surface area contributed by atoms with E-state index in [1.54, 1.807) is 31.2 Å². The number of nitrogens with two attached hydrogens (primary N) is 1. The van der Waals surface area contributed by atoms with Crippen LogP contribution in [0.3, 0.4) is 0 Å². The first-order valence-corrected chi connectivity index (χ1v) is 10.5. The molecule has 3 rings (SSSR count). The molecule has 31 heavy (non-hydrogen) atoms. The minimum absolute atomic E-state index is 0.0427. The van der Waals surface area contributed by atoms with Crippen molar-refractivity contribution in [1.82, 2.24) is 5.01 Å². The number of halogens is 2. The summed E-state index contributed by atoms with van der Waals surface area (Å²) in [6.45, 7) is 1.94. The lowest BCUT2D eigenvalue weighted by Gasteiger charge is -2.37. The third-order valence-corrected chi connectivity index (χ3v) is 6.48. The highest BCUT2D eigenvalue weighted by Crippen LogP contribution is 2.51. The number of methoxy groups -OCH3 is 1. The molecule has 1 aliphatic heterocycles. The van der Waals surface area contributed by atoms with Gasteiger partial charge in [0, 0.05) is 12.7 Å². The summed E-state index contributed by atoms with van der Waals surface area (Å²) >= 11 is 1.14. The van der Waals surface area contributed by atoms with Gasteiger partial charge < -0.3 is 10.5 Å². The van der Waals surface area contributed by atoms with Gasteiger partial charge in [0.1, 0.15) is 27.7 Å². The molecule has 2 atom stereocenters. The van der Waals surface area contributed by atoms with Crippen molar-refractivity contribution in [1.29, 1.82) is 5.26 Å². The van der Waals surface area contributed by atoms with Gasteiger partial charge in [0.05, 0.1) is 11.6 Å². The van der Waals surface area contributed by atoms with E-state index in [1.807, 2.05) is 0 Å². The Labute approximate surface area is 183 Å². The molecule has 0 bridgehead atoms. The normalized spacial score (nSPS) is 19.1. The molecule has 162 valence electrons. The third kappa shape index (κ3) is 4.46. The quantitative estimate of drug-likeness (QED) is 0.703. The monoisotopic (exact) mass is 444 g/mol. The standard InChI is InChI=1S/C22H22F2N4O2S/c1-14(30-2)21(29)28-22(9-4-10-25,16-6-3-5-15(11-16)13-26)31-20(27-28)18-12-17(23)7-8-19(18)24/h3,5-8,11-12,14H,4,9-10,25H2,1-2H3. The molecule has 0 fully saturated rings. The van der Waals surface area contributed by atoms with E-state index in [-0.39, 0.29) is 10.6 Å². The van der Waals surface area contributed by atoms with Crippen molar-refractivity contribution in [2.45, 2.75) is 30.7 Å². The first kappa shape index (κ1) is 22.9. The molecule has 2 aromatic rings. The smallest absolute Gasteiger partial charge is 0.273 e. The van der Waals surface area contributed by atoms with Crippen LogP contribution in [-0.2, 0) is 14.4 Å². The number of amides is 1.